The number of esters is 4. The Morgan fingerprint density at radius 2 is 1.32 bits per heavy atom. The lowest BCUT2D eigenvalue weighted by molar-refractivity contribution is -0.205. The molecular formula is C28H40O9. The molecule has 0 aromatic heterocycles. The van der Waals surface area contributed by atoms with E-state index in [4.69, 9.17) is 18.9 Å². The van der Waals surface area contributed by atoms with E-state index in [9.17, 15) is 24.3 Å². The Morgan fingerprint density at radius 1 is 0.811 bits per heavy atom. The van der Waals surface area contributed by atoms with Crippen LogP contribution < -0.4 is 0 Å². The summed E-state index contributed by atoms with van der Waals surface area (Å²) in [6.07, 6.45) is -3.39. The summed E-state index contributed by atoms with van der Waals surface area (Å²) < 4.78 is 23.1. The molecule has 2 unspecified atom stereocenters. The lowest BCUT2D eigenvalue weighted by Crippen LogP contribution is -2.64. The average Bonchev–Trinajstić information content (AvgIpc) is 2.74. The van der Waals surface area contributed by atoms with Gasteiger partial charge in [0.2, 0.25) is 0 Å². The van der Waals surface area contributed by atoms with Crippen LogP contribution in [0.4, 0.5) is 0 Å². The number of carbonyl (C=O) groups is 4. The smallest absolute Gasteiger partial charge is 0.303 e. The number of rotatable bonds is 4. The van der Waals surface area contributed by atoms with Gasteiger partial charge in [-0.1, -0.05) is 27.4 Å². The van der Waals surface area contributed by atoms with Crippen LogP contribution in [0.5, 0.6) is 0 Å². The van der Waals surface area contributed by atoms with E-state index in [0.29, 0.717) is 18.4 Å². The van der Waals surface area contributed by atoms with Gasteiger partial charge in [0.25, 0.3) is 0 Å². The highest BCUT2D eigenvalue weighted by molar-refractivity contribution is 5.69. The molecule has 1 N–H and O–H groups in total. The molecule has 3 aliphatic rings. The second-order valence-corrected chi connectivity index (χ2v) is 11.5. The third kappa shape index (κ3) is 5.19. The van der Waals surface area contributed by atoms with Crippen molar-refractivity contribution in [3.8, 4) is 0 Å². The molecule has 0 saturated heterocycles. The van der Waals surface area contributed by atoms with Crippen LogP contribution in [-0.4, -0.2) is 59.5 Å². The minimum absolute atomic E-state index is 0.0676. The monoisotopic (exact) mass is 520 g/mol. The van der Waals surface area contributed by atoms with Gasteiger partial charge in [0.15, 0.2) is 12.2 Å². The first-order chi connectivity index (χ1) is 17.0. The summed E-state index contributed by atoms with van der Waals surface area (Å²) in [5.41, 5.74) is 0.394. The Kier molecular flexibility index (Phi) is 7.99. The SMILES string of the molecule is C=C1C2CC3C[C@H](OC(C)=O)C(C)=C([C@@H](OC(C)=O)[C@H](OC(C)=O)[C@]2(C)[C@@H](O)C[C@@H]1OC(C)=O)C3(C)C. The second kappa shape index (κ2) is 10.2. The van der Waals surface area contributed by atoms with Gasteiger partial charge in [-0.25, -0.2) is 0 Å². The summed E-state index contributed by atoms with van der Waals surface area (Å²) in [5, 5.41) is 11.6. The van der Waals surface area contributed by atoms with E-state index in [1.54, 1.807) is 0 Å². The van der Waals surface area contributed by atoms with E-state index in [1.807, 2.05) is 27.7 Å². The van der Waals surface area contributed by atoms with Crippen LogP contribution in [0.3, 0.4) is 0 Å². The Balaban J connectivity index is 2.32. The van der Waals surface area contributed by atoms with E-state index < -0.39 is 71.1 Å². The molecule has 0 aromatic carbocycles. The molecule has 0 heterocycles. The van der Waals surface area contributed by atoms with Crippen molar-refractivity contribution in [2.24, 2.45) is 22.7 Å². The number of aliphatic hydroxyl groups is 1. The zero-order valence-corrected chi connectivity index (χ0v) is 23.1. The number of hydrogen-bond acceptors (Lipinski definition) is 9. The zero-order valence-electron chi connectivity index (χ0n) is 23.1. The first kappa shape index (κ1) is 28.9. The first-order valence-corrected chi connectivity index (χ1v) is 12.8. The third-order valence-corrected chi connectivity index (χ3v) is 8.78. The van der Waals surface area contributed by atoms with Gasteiger partial charge in [-0.3, -0.25) is 19.2 Å². The minimum Gasteiger partial charge on any atom is -0.458 e. The molecule has 3 rings (SSSR count). The molecular weight excluding hydrogens is 480 g/mol. The summed E-state index contributed by atoms with van der Waals surface area (Å²) in [6, 6.07) is 0. The largest absolute Gasteiger partial charge is 0.458 e. The number of carbonyl (C=O) groups excluding carboxylic acids is 4. The van der Waals surface area contributed by atoms with Crippen molar-refractivity contribution < 1.29 is 43.2 Å². The van der Waals surface area contributed by atoms with Crippen molar-refractivity contribution in [1.29, 1.82) is 0 Å². The van der Waals surface area contributed by atoms with Crippen molar-refractivity contribution in [1.82, 2.24) is 0 Å². The van der Waals surface area contributed by atoms with Crippen LogP contribution >= 0.6 is 0 Å². The van der Waals surface area contributed by atoms with Gasteiger partial charge in [0, 0.05) is 39.5 Å². The highest BCUT2D eigenvalue weighted by Gasteiger charge is 2.63. The van der Waals surface area contributed by atoms with Crippen LogP contribution in [0.15, 0.2) is 23.3 Å². The highest BCUT2D eigenvalue weighted by Crippen LogP contribution is 2.60. The molecule has 9 nitrogen and oxygen atoms in total. The van der Waals surface area contributed by atoms with E-state index in [0.717, 1.165) is 11.1 Å². The lowest BCUT2D eigenvalue weighted by atomic mass is 9.49. The Morgan fingerprint density at radius 3 is 1.84 bits per heavy atom. The van der Waals surface area contributed by atoms with Gasteiger partial charge >= 0.3 is 23.9 Å². The lowest BCUT2D eigenvalue weighted by Gasteiger charge is -2.59. The minimum atomic E-state index is -1.12. The Hall–Kier alpha value is -2.68. The topological polar surface area (TPSA) is 125 Å². The maximum Gasteiger partial charge on any atom is 0.303 e. The quantitative estimate of drug-likeness (QED) is 0.337. The van der Waals surface area contributed by atoms with Crippen LogP contribution in [0.1, 0.15) is 74.7 Å². The van der Waals surface area contributed by atoms with Crippen molar-refractivity contribution >= 4 is 23.9 Å². The molecule has 0 radical (unpaired) electrons. The molecule has 2 fully saturated rings. The molecule has 0 aromatic rings. The fraction of sp³-hybridized carbons (Fsp3) is 0.714. The third-order valence-electron chi connectivity index (χ3n) is 8.78. The summed E-state index contributed by atoms with van der Waals surface area (Å²) >= 11 is 0. The van der Waals surface area contributed by atoms with Gasteiger partial charge in [-0.15, -0.1) is 0 Å². The van der Waals surface area contributed by atoms with Crippen molar-refractivity contribution in [3.63, 3.8) is 0 Å². The standard InChI is InChI=1S/C28H40O9/c1-13-20-10-19-11-21(34-15(3)29)14(2)24(27(19,7)8)25(36-17(5)31)26(37-18(6)32)28(20,9)23(33)12-22(13)35-16(4)30/h19-23,25-26,33H,1,10-12H2,2-9H3/t19?,20?,21-,22-,23-,25+,26-,28-/m0/s1. The molecule has 0 aliphatic heterocycles. The maximum atomic E-state index is 12.5. The summed E-state index contributed by atoms with van der Waals surface area (Å²) in [6.45, 7) is 17.2. The van der Waals surface area contributed by atoms with E-state index in [2.05, 4.69) is 6.58 Å². The van der Waals surface area contributed by atoms with Gasteiger partial charge in [-0.2, -0.15) is 0 Å². The molecule has 9 heteroatoms. The molecule has 2 saturated carbocycles. The molecule has 206 valence electrons. The van der Waals surface area contributed by atoms with Crippen LogP contribution in [-0.2, 0) is 38.1 Å². The Labute approximate surface area is 218 Å². The highest BCUT2D eigenvalue weighted by atomic mass is 16.6. The first-order valence-electron chi connectivity index (χ1n) is 12.8. The second-order valence-electron chi connectivity index (χ2n) is 11.5. The number of fused-ring (bicyclic) bond motifs is 3. The summed E-state index contributed by atoms with van der Waals surface area (Å²) in [5.74, 6) is -2.65. The van der Waals surface area contributed by atoms with Crippen molar-refractivity contribution in [2.75, 3.05) is 0 Å². The van der Waals surface area contributed by atoms with Crippen LogP contribution in [0, 0.1) is 22.7 Å². The predicted molar refractivity (Wildman–Crippen MR) is 133 cm³/mol. The van der Waals surface area contributed by atoms with Gasteiger partial charge in [0.05, 0.1) is 6.10 Å². The summed E-state index contributed by atoms with van der Waals surface area (Å²) in [7, 11) is 0. The molecule has 2 bridgehead atoms. The van der Waals surface area contributed by atoms with E-state index in [-0.39, 0.29) is 12.3 Å². The van der Waals surface area contributed by atoms with E-state index >= 15 is 0 Å². The van der Waals surface area contributed by atoms with Crippen LogP contribution in [0.25, 0.3) is 0 Å². The molecule has 8 atom stereocenters. The van der Waals surface area contributed by atoms with Gasteiger partial charge in [-0.05, 0) is 53.7 Å². The van der Waals surface area contributed by atoms with E-state index in [1.165, 1.54) is 27.7 Å². The summed E-state index contributed by atoms with van der Waals surface area (Å²) in [4.78, 5) is 48.7. The molecule has 3 aliphatic carbocycles. The van der Waals surface area contributed by atoms with Crippen molar-refractivity contribution in [3.05, 3.63) is 23.3 Å². The number of aliphatic hydroxyl groups excluding tert-OH is 1. The maximum absolute atomic E-state index is 12.5. The number of ether oxygens (including phenoxy) is 4. The van der Waals surface area contributed by atoms with Crippen molar-refractivity contribution in [2.45, 2.75) is 105 Å². The van der Waals surface area contributed by atoms with Gasteiger partial charge in [0.1, 0.15) is 12.2 Å². The fourth-order valence-corrected chi connectivity index (χ4v) is 6.96. The average molecular weight is 521 g/mol. The molecule has 0 amide bonds. The molecule has 0 spiro atoms. The molecule has 37 heavy (non-hydrogen) atoms. The number of hydrogen-bond donors (Lipinski definition) is 1. The van der Waals surface area contributed by atoms with Gasteiger partial charge < -0.3 is 24.1 Å². The fourth-order valence-electron chi connectivity index (χ4n) is 6.96. The zero-order chi connectivity index (χ0) is 28.0. The van der Waals surface area contributed by atoms with Crippen LogP contribution in [0.2, 0.25) is 0 Å². The predicted octanol–water partition coefficient (Wildman–Crippen LogP) is 3.42. The normalized spacial score (nSPS) is 36.9. The Bertz CT molecular complexity index is 1020.